The Balaban J connectivity index is 2.04. The molecule has 3 heterocycles. The minimum absolute atomic E-state index is 0.520. The van der Waals surface area contributed by atoms with Gasteiger partial charge in [-0.2, -0.15) is 0 Å². The Labute approximate surface area is 125 Å². The van der Waals surface area contributed by atoms with Crippen molar-refractivity contribution in [3.63, 3.8) is 0 Å². The number of aryl methyl sites for hydroxylation is 1. The Hall–Kier alpha value is -1.23. The molecular formula is C14H11ClN2S2. The summed E-state index contributed by atoms with van der Waals surface area (Å²) in [7, 11) is 0. The molecule has 0 unspecified atom stereocenters. The summed E-state index contributed by atoms with van der Waals surface area (Å²) in [6.45, 7) is 2.88. The lowest BCUT2D eigenvalue weighted by Crippen LogP contribution is -2.04. The summed E-state index contributed by atoms with van der Waals surface area (Å²) in [5.41, 5.74) is 3.57. The van der Waals surface area contributed by atoms with Gasteiger partial charge < -0.3 is 4.57 Å². The van der Waals surface area contributed by atoms with Gasteiger partial charge in [0.1, 0.15) is 5.15 Å². The molecule has 3 rings (SSSR count). The van der Waals surface area contributed by atoms with E-state index < -0.39 is 0 Å². The van der Waals surface area contributed by atoms with Gasteiger partial charge in [0.15, 0.2) is 0 Å². The topological polar surface area (TPSA) is 17.8 Å². The normalized spacial score (nSPS) is 11.1. The number of nitrogens with zero attached hydrogens (tertiary/aromatic N) is 2. The van der Waals surface area contributed by atoms with Crippen molar-refractivity contribution >= 4 is 35.2 Å². The highest BCUT2D eigenvalue weighted by Gasteiger charge is 2.11. The minimum atomic E-state index is 0.520. The van der Waals surface area contributed by atoms with Gasteiger partial charge in [0.2, 0.25) is 0 Å². The molecule has 1 aromatic heterocycles. The summed E-state index contributed by atoms with van der Waals surface area (Å²) >= 11 is 12.8. The third-order valence-corrected chi connectivity index (χ3v) is 4.65. The van der Waals surface area contributed by atoms with Crippen LogP contribution in [0.5, 0.6) is 0 Å². The van der Waals surface area contributed by atoms with Crippen molar-refractivity contribution in [1.29, 1.82) is 0 Å². The van der Waals surface area contributed by atoms with E-state index >= 15 is 0 Å². The molecule has 5 heteroatoms. The van der Waals surface area contributed by atoms with E-state index in [2.05, 4.69) is 34.8 Å². The number of pyridine rings is 2. The second-order valence-electron chi connectivity index (χ2n) is 4.40. The van der Waals surface area contributed by atoms with Crippen molar-refractivity contribution in [1.82, 2.24) is 9.55 Å². The molecule has 0 aromatic carbocycles. The number of hydrogen-bond donors (Lipinski definition) is 0. The molecule has 2 aliphatic rings. The van der Waals surface area contributed by atoms with E-state index in [1.165, 1.54) is 16.1 Å². The first kappa shape index (κ1) is 12.8. The fourth-order valence-corrected chi connectivity index (χ4v) is 3.40. The van der Waals surface area contributed by atoms with Crippen LogP contribution < -0.4 is 0 Å². The summed E-state index contributed by atoms with van der Waals surface area (Å²) in [6.07, 6.45) is 3.90. The van der Waals surface area contributed by atoms with Crippen molar-refractivity contribution in [2.24, 2.45) is 0 Å². The molecule has 0 saturated heterocycles. The maximum Gasteiger partial charge on any atom is 0.129 e. The maximum absolute atomic E-state index is 5.80. The molecule has 0 saturated carbocycles. The van der Waals surface area contributed by atoms with Crippen LogP contribution in [0, 0.1) is 10.7 Å². The molecule has 19 heavy (non-hydrogen) atoms. The number of halogens is 1. The van der Waals surface area contributed by atoms with Crippen LogP contribution in [0.25, 0.3) is 10.6 Å². The average Bonchev–Trinajstić information content (AvgIpc) is 2.78. The monoisotopic (exact) mass is 306 g/mol. The van der Waals surface area contributed by atoms with Crippen LogP contribution in [0.1, 0.15) is 11.1 Å². The molecule has 2 aliphatic heterocycles. The highest BCUT2D eigenvalue weighted by Crippen LogP contribution is 2.32. The first-order valence-corrected chi connectivity index (χ1v) is 7.44. The van der Waals surface area contributed by atoms with Crippen molar-refractivity contribution in [3.05, 3.63) is 56.8 Å². The average molecular weight is 307 g/mol. The Kier molecular flexibility index (Phi) is 3.39. The van der Waals surface area contributed by atoms with Gasteiger partial charge in [-0.05, 0) is 36.2 Å². The third-order valence-electron chi connectivity index (χ3n) is 3.00. The number of thiophene rings is 1. The molecule has 0 amide bonds. The summed E-state index contributed by atoms with van der Waals surface area (Å²) in [5, 5.41) is 0.520. The van der Waals surface area contributed by atoms with Gasteiger partial charge in [-0.1, -0.05) is 29.9 Å². The van der Waals surface area contributed by atoms with Gasteiger partial charge in [0.05, 0.1) is 14.4 Å². The Morgan fingerprint density at radius 3 is 2.95 bits per heavy atom. The molecular weight excluding hydrogens is 296 g/mol. The molecule has 1 aromatic rings. The van der Waals surface area contributed by atoms with Crippen molar-refractivity contribution in [3.8, 4) is 10.6 Å². The van der Waals surface area contributed by atoms with Gasteiger partial charge in [-0.15, -0.1) is 11.3 Å². The molecule has 0 radical (unpaired) electrons. The molecule has 0 bridgehead atoms. The van der Waals surface area contributed by atoms with Gasteiger partial charge >= 0.3 is 0 Å². The summed E-state index contributed by atoms with van der Waals surface area (Å²) in [6, 6.07) is 7.99. The zero-order valence-corrected chi connectivity index (χ0v) is 12.6. The van der Waals surface area contributed by atoms with Crippen LogP contribution in [-0.2, 0) is 6.54 Å². The van der Waals surface area contributed by atoms with E-state index in [9.17, 15) is 0 Å². The predicted molar refractivity (Wildman–Crippen MR) is 82.9 cm³/mol. The molecule has 0 N–H and O–H groups in total. The second kappa shape index (κ2) is 5.04. The van der Waals surface area contributed by atoms with Crippen LogP contribution in [0.2, 0.25) is 5.15 Å². The molecule has 0 spiro atoms. The highest BCUT2D eigenvalue weighted by atomic mass is 35.5. The van der Waals surface area contributed by atoms with E-state index in [1.54, 1.807) is 11.3 Å². The number of rotatable bonds is 2. The Bertz CT molecular complexity index is 743. The first-order valence-electron chi connectivity index (χ1n) is 5.83. The fourth-order valence-electron chi connectivity index (χ4n) is 2.05. The summed E-state index contributed by atoms with van der Waals surface area (Å²) in [5.74, 6) is 0. The van der Waals surface area contributed by atoms with Crippen molar-refractivity contribution < 1.29 is 0 Å². The molecule has 0 aliphatic carbocycles. The minimum Gasteiger partial charge on any atom is -0.342 e. The first-order chi connectivity index (χ1) is 9.13. The second-order valence-corrected chi connectivity index (χ2v) is 6.53. The fraction of sp³-hybridized carbons (Fsp3) is 0.143. The van der Waals surface area contributed by atoms with Gasteiger partial charge in [-0.25, -0.2) is 4.98 Å². The van der Waals surface area contributed by atoms with E-state index in [0.29, 0.717) is 5.15 Å². The largest absolute Gasteiger partial charge is 0.342 e. The Morgan fingerprint density at radius 2 is 2.21 bits per heavy atom. The maximum atomic E-state index is 5.80. The zero-order valence-electron chi connectivity index (χ0n) is 10.3. The van der Waals surface area contributed by atoms with E-state index in [1.807, 2.05) is 18.3 Å². The lowest BCUT2D eigenvalue weighted by Gasteiger charge is -2.13. The molecule has 0 fully saturated rings. The van der Waals surface area contributed by atoms with Gasteiger partial charge in [0.25, 0.3) is 0 Å². The smallest absolute Gasteiger partial charge is 0.129 e. The van der Waals surface area contributed by atoms with Crippen LogP contribution in [0.4, 0.5) is 0 Å². The SMILES string of the molecule is Cc1ccn(Cc2ccc(Cl)nc2)c2cc(=S)sc1-2. The number of fused-ring (bicyclic) bond motifs is 1. The van der Waals surface area contributed by atoms with E-state index in [-0.39, 0.29) is 0 Å². The van der Waals surface area contributed by atoms with Crippen LogP contribution >= 0.6 is 35.2 Å². The van der Waals surface area contributed by atoms with Crippen LogP contribution in [0.3, 0.4) is 0 Å². The lowest BCUT2D eigenvalue weighted by atomic mass is 10.2. The van der Waals surface area contributed by atoms with E-state index in [4.69, 9.17) is 23.8 Å². The molecule has 0 atom stereocenters. The van der Waals surface area contributed by atoms with Crippen LogP contribution in [0.15, 0.2) is 36.7 Å². The van der Waals surface area contributed by atoms with Gasteiger partial charge in [0, 0.05) is 18.9 Å². The number of hydrogen-bond acceptors (Lipinski definition) is 3. The summed E-state index contributed by atoms with van der Waals surface area (Å²) in [4.78, 5) is 5.37. The van der Waals surface area contributed by atoms with Gasteiger partial charge in [-0.3, -0.25) is 0 Å². The number of aromatic nitrogens is 2. The zero-order chi connectivity index (χ0) is 13.4. The highest BCUT2D eigenvalue weighted by molar-refractivity contribution is 7.73. The lowest BCUT2D eigenvalue weighted by molar-refractivity contribution is 0.796. The summed E-state index contributed by atoms with van der Waals surface area (Å²) < 4.78 is 3.12. The standard InChI is InChI=1S/C14H11ClN2S2/c1-9-4-5-17(11-6-13(18)19-14(9)11)8-10-2-3-12(15)16-7-10/h2-7H,8H2,1H3. The predicted octanol–water partition coefficient (Wildman–Crippen LogP) is 4.79. The van der Waals surface area contributed by atoms with Crippen molar-refractivity contribution in [2.45, 2.75) is 13.5 Å². The Morgan fingerprint density at radius 1 is 1.37 bits per heavy atom. The third kappa shape index (κ3) is 2.56. The van der Waals surface area contributed by atoms with Crippen LogP contribution in [-0.4, -0.2) is 9.55 Å². The molecule has 96 valence electrons. The molecule has 2 nitrogen and oxygen atoms in total. The van der Waals surface area contributed by atoms with E-state index in [0.717, 1.165) is 15.9 Å². The van der Waals surface area contributed by atoms with Crippen molar-refractivity contribution in [2.75, 3.05) is 0 Å². The quantitative estimate of drug-likeness (QED) is 0.500.